The molecule has 0 unspecified atom stereocenters. The fourth-order valence-electron chi connectivity index (χ4n) is 7.47. The number of nitrogens with zero attached hydrogens (tertiary/aromatic N) is 2. The molecule has 8 aromatic carbocycles. The maximum atomic E-state index is 5.29. The van der Waals surface area contributed by atoms with Gasteiger partial charge in [0.2, 0.25) is 0 Å². The topological polar surface area (TPSA) is 17.8 Å². The van der Waals surface area contributed by atoms with Crippen LogP contribution in [0.1, 0.15) is 0 Å². The van der Waals surface area contributed by atoms with E-state index in [1.54, 1.807) is 0 Å². The number of imidazole rings is 1. The molecular weight excluding hydrogens is 625 g/mol. The second-order valence-electron chi connectivity index (χ2n) is 12.7. The Kier molecular flexibility index (Phi) is 6.71. The first-order valence-electron chi connectivity index (χ1n) is 17.0. The monoisotopic (exact) mass is 654 g/mol. The summed E-state index contributed by atoms with van der Waals surface area (Å²) >= 11 is 1.87. The quantitative estimate of drug-likeness (QED) is 0.181. The number of hydrogen-bond donors (Lipinski definition) is 0. The highest BCUT2D eigenvalue weighted by atomic mass is 32.1. The van der Waals surface area contributed by atoms with Crippen LogP contribution in [-0.2, 0) is 0 Å². The zero-order valence-electron chi connectivity index (χ0n) is 27.1. The summed E-state index contributed by atoms with van der Waals surface area (Å²) in [5, 5.41) is 5.13. The van der Waals surface area contributed by atoms with Gasteiger partial charge in [-0.25, -0.2) is 4.98 Å². The Hall–Kier alpha value is -6.29. The van der Waals surface area contributed by atoms with E-state index in [2.05, 4.69) is 187 Å². The molecule has 0 spiro atoms. The van der Waals surface area contributed by atoms with Crippen molar-refractivity contribution in [1.29, 1.82) is 0 Å². The van der Waals surface area contributed by atoms with Crippen LogP contribution in [0.3, 0.4) is 0 Å². The normalized spacial score (nSPS) is 11.6. The number of aromatic nitrogens is 2. The van der Waals surface area contributed by atoms with Crippen LogP contribution in [0.4, 0.5) is 0 Å². The van der Waals surface area contributed by atoms with Crippen molar-refractivity contribution in [3.8, 4) is 50.5 Å². The van der Waals surface area contributed by atoms with Gasteiger partial charge >= 0.3 is 0 Å². The van der Waals surface area contributed by atoms with E-state index >= 15 is 0 Å². The van der Waals surface area contributed by atoms with Crippen molar-refractivity contribution < 1.29 is 0 Å². The van der Waals surface area contributed by atoms with Gasteiger partial charge in [-0.1, -0.05) is 140 Å². The standard InChI is InChI=1S/C47H30N2S/c1-2-14-35(15-3-1)49-44-22-8-7-21-43(44)48-47(49)41-29-28-34(38-19-11-20-40-39-17-6-9-23-45(39)50-46(38)40)30-42(41)33-26-24-32(25-27-33)37-18-10-13-31-12-4-5-16-36(31)37/h1-30H. The van der Waals surface area contributed by atoms with E-state index in [0.29, 0.717) is 0 Å². The Morgan fingerprint density at radius 1 is 0.420 bits per heavy atom. The van der Waals surface area contributed by atoms with Crippen molar-refractivity contribution in [1.82, 2.24) is 9.55 Å². The molecular formula is C47H30N2S. The molecule has 0 atom stereocenters. The zero-order valence-corrected chi connectivity index (χ0v) is 27.9. The lowest BCUT2D eigenvalue weighted by Crippen LogP contribution is -1.99. The van der Waals surface area contributed by atoms with Gasteiger partial charge in [0.05, 0.1) is 11.0 Å². The highest BCUT2D eigenvalue weighted by Crippen LogP contribution is 2.43. The molecule has 2 nitrogen and oxygen atoms in total. The fraction of sp³-hybridized carbons (Fsp3) is 0. The van der Waals surface area contributed by atoms with Gasteiger partial charge in [-0.3, -0.25) is 4.57 Å². The highest BCUT2D eigenvalue weighted by Gasteiger charge is 2.20. The summed E-state index contributed by atoms with van der Waals surface area (Å²) in [6, 6.07) is 65.6. The van der Waals surface area contributed by atoms with Crippen molar-refractivity contribution >= 4 is 53.3 Å². The van der Waals surface area contributed by atoms with Crippen LogP contribution in [0.25, 0.3) is 92.4 Å². The number of benzene rings is 8. The van der Waals surface area contributed by atoms with Crippen LogP contribution in [0.2, 0.25) is 0 Å². The summed E-state index contributed by atoms with van der Waals surface area (Å²) in [4.78, 5) is 5.29. The van der Waals surface area contributed by atoms with E-state index in [1.807, 2.05) is 11.3 Å². The van der Waals surface area contributed by atoms with Gasteiger partial charge in [-0.15, -0.1) is 11.3 Å². The number of fused-ring (bicyclic) bond motifs is 5. The van der Waals surface area contributed by atoms with Gasteiger partial charge < -0.3 is 0 Å². The molecule has 10 rings (SSSR count). The molecule has 0 aliphatic rings. The van der Waals surface area contributed by atoms with Gasteiger partial charge in [-0.2, -0.15) is 0 Å². The smallest absolute Gasteiger partial charge is 0.146 e. The van der Waals surface area contributed by atoms with Crippen LogP contribution >= 0.6 is 11.3 Å². The lowest BCUT2D eigenvalue weighted by atomic mass is 9.92. The molecule has 234 valence electrons. The molecule has 0 amide bonds. The molecule has 0 aliphatic heterocycles. The van der Waals surface area contributed by atoms with E-state index in [9.17, 15) is 0 Å². The van der Waals surface area contributed by atoms with Crippen LogP contribution in [-0.4, -0.2) is 9.55 Å². The average molecular weight is 655 g/mol. The molecule has 0 fully saturated rings. The van der Waals surface area contributed by atoms with E-state index in [0.717, 1.165) is 39.2 Å². The summed E-state index contributed by atoms with van der Waals surface area (Å²) in [6.07, 6.45) is 0. The van der Waals surface area contributed by atoms with Crippen molar-refractivity contribution in [2.24, 2.45) is 0 Å². The van der Waals surface area contributed by atoms with Gasteiger partial charge in [0.15, 0.2) is 0 Å². The van der Waals surface area contributed by atoms with Crippen molar-refractivity contribution in [3.05, 3.63) is 182 Å². The van der Waals surface area contributed by atoms with Gasteiger partial charge in [0, 0.05) is 31.4 Å². The van der Waals surface area contributed by atoms with Crippen LogP contribution in [0, 0.1) is 0 Å². The van der Waals surface area contributed by atoms with Crippen LogP contribution in [0.15, 0.2) is 182 Å². The second-order valence-corrected chi connectivity index (χ2v) is 13.8. The third-order valence-corrected chi connectivity index (χ3v) is 11.1. The predicted octanol–water partition coefficient (Wildman–Crippen LogP) is 13.2. The first-order valence-corrected chi connectivity index (χ1v) is 17.8. The minimum atomic E-state index is 0.928. The molecule has 50 heavy (non-hydrogen) atoms. The lowest BCUT2D eigenvalue weighted by Gasteiger charge is -2.16. The molecule has 3 heteroatoms. The minimum Gasteiger partial charge on any atom is -0.292 e. The first kappa shape index (κ1) is 28.7. The maximum absolute atomic E-state index is 5.29. The highest BCUT2D eigenvalue weighted by molar-refractivity contribution is 7.26. The predicted molar refractivity (Wildman–Crippen MR) is 213 cm³/mol. The second kappa shape index (κ2) is 11.7. The molecule has 2 aromatic heterocycles. The molecule has 10 aromatic rings. The molecule has 0 N–H and O–H groups in total. The van der Waals surface area contributed by atoms with Crippen LogP contribution in [0.5, 0.6) is 0 Å². The molecule has 0 aliphatic carbocycles. The van der Waals surface area contributed by atoms with Crippen molar-refractivity contribution in [3.63, 3.8) is 0 Å². The van der Waals surface area contributed by atoms with E-state index < -0.39 is 0 Å². The van der Waals surface area contributed by atoms with Crippen LogP contribution < -0.4 is 0 Å². The number of thiophene rings is 1. The molecule has 0 saturated carbocycles. The number of rotatable bonds is 5. The zero-order chi connectivity index (χ0) is 33.0. The summed E-state index contributed by atoms with van der Waals surface area (Å²) in [5.41, 5.74) is 11.4. The lowest BCUT2D eigenvalue weighted by molar-refractivity contribution is 1.10. The van der Waals surface area contributed by atoms with Crippen molar-refractivity contribution in [2.75, 3.05) is 0 Å². The van der Waals surface area contributed by atoms with E-state index in [-0.39, 0.29) is 0 Å². The summed E-state index contributed by atoms with van der Waals surface area (Å²) in [7, 11) is 0. The third-order valence-electron chi connectivity index (χ3n) is 9.85. The Labute approximate surface area is 294 Å². The summed E-state index contributed by atoms with van der Waals surface area (Å²) in [6.45, 7) is 0. The third kappa shape index (κ3) is 4.67. The summed E-state index contributed by atoms with van der Waals surface area (Å²) < 4.78 is 4.92. The van der Waals surface area contributed by atoms with Gasteiger partial charge in [0.25, 0.3) is 0 Å². The summed E-state index contributed by atoms with van der Waals surface area (Å²) in [5.74, 6) is 0.928. The maximum Gasteiger partial charge on any atom is 0.146 e. The van der Waals surface area contributed by atoms with Gasteiger partial charge in [0.1, 0.15) is 5.82 Å². The average Bonchev–Trinajstić information content (AvgIpc) is 3.77. The van der Waals surface area contributed by atoms with Crippen molar-refractivity contribution in [2.45, 2.75) is 0 Å². The number of para-hydroxylation sites is 3. The Morgan fingerprint density at radius 2 is 1.06 bits per heavy atom. The molecule has 0 radical (unpaired) electrons. The Morgan fingerprint density at radius 3 is 1.94 bits per heavy atom. The SMILES string of the molecule is c1ccc(-n2c(-c3ccc(-c4cccc5c4sc4ccccc45)cc3-c3ccc(-c4cccc5ccccc45)cc3)nc3ccccc32)cc1. The largest absolute Gasteiger partial charge is 0.292 e. The van der Waals surface area contributed by atoms with Gasteiger partial charge in [-0.05, 0) is 86.6 Å². The van der Waals surface area contributed by atoms with E-state index in [1.165, 1.54) is 53.2 Å². The minimum absolute atomic E-state index is 0.928. The first-order chi connectivity index (χ1) is 24.8. The van der Waals surface area contributed by atoms with E-state index in [4.69, 9.17) is 4.98 Å². The molecule has 2 heterocycles. The Bertz CT molecular complexity index is 2850. The molecule has 0 saturated heterocycles. The molecule has 0 bridgehead atoms. The fourth-order valence-corrected chi connectivity index (χ4v) is 8.71. The number of hydrogen-bond acceptors (Lipinski definition) is 2. The Balaban J connectivity index is 1.20.